The van der Waals surface area contributed by atoms with Gasteiger partial charge >= 0.3 is 0 Å². The molecule has 0 spiro atoms. The van der Waals surface area contributed by atoms with Gasteiger partial charge in [0.05, 0.1) is 36.8 Å². The Kier molecular flexibility index (Phi) is 7.66. The molecule has 1 aliphatic heterocycles. The molecule has 1 atom stereocenters. The fraction of sp³-hybridized carbons (Fsp3) is 0.615. The SMILES string of the molecule is CC(C)(C)CC(=O)N(Cc1cnc(S(=O)(=O)Cc2ccccc2F)n1C[C@H]1CCCO1)CC1CC1. The highest BCUT2D eigenvalue weighted by Crippen LogP contribution is 2.32. The van der Waals surface area contributed by atoms with E-state index in [9.17, 15) is 17.6 Å². The highest BCUT2D eigenvalue weighted by atomic mass is 32.2. The number of rotatable bonds is 10. The number of aromatic nitrogens is 2. The summed E-state index contributed by atoms with van der Waals surface area (Å²) in [7, 11) is -3.93. The van der Waals surface area contributed by atoms with E-state index in [2.05, 4.69) is 4.98 Å². The van der Waals surface area contributed by atoms with Gasteiger partial charge in [0.15, 0.2) is 0 Å². The molecule has 1 saturated heterocycles. The van der Waals surface area contributed by atoms with Crippen LogP contribution in [0.2, 0.25) is 0 Å². The summed E-state index contributed by atoms with van der Waals surface area (Å²) in [4.78, 5) is 19.3. The summed E-state index contributed by atoms with van der Waals surface area (Å²) in [6.45, 7) is 8.05. The number of carbonyl (C=O) groups excluding carboxylic acids is 1. The third-order valence-corrected chi connectivity index (χ3v) is 8.03. The normalized spacial score (nSPS) is 18.7. The Morgan fingerprint density at radius 2 is 1.97 bits per heavy atom. The monoisotopic (exact) mass is 505 g/mol. The van der Waals surface area contributed by atoms with Crippen LogP contribution in [0.5, 0.6) is 0 Å². The van der Waals surface area contributed by atoms with Crippen molar-refractivity contribution in [3.05, 3.63) is 47.5 Å². The topological polar surface area (TPSA) is 81.5 Å². The Labute approximate surface area is 207 Å². The van der Waals surface area contributed by atoms with Gasteiger partial charge in [-0.3, -0.25) is 4.79 Å². The lowest BCUT2D eigenvalue weighted by molar-refractivity contribution is -0.134. The fourth-order valence-electron chi connectivity index (χ4n) is 4.47. The molecule has 9 heteroatoms. The van der Waals surface area contributed by atoms with Crippen LogP contribution in [0.3, 0.4) is 0 Å². The first kappa shape index (κ1) is 25.8. The Morgan fingerprint density at radius 1 is 1.23 bits per heavy atom. The van der Waals surface area contributed by atoms with Crippen LogP contribution in [0.1, 0.15) is 64.1 Å². The van der Waals surface area contributed by atoms with Crippen LogP contribution in [-0.4, -0.2) is 48.0 Å². The fourth-order valence-corrected chi connectivity index (χ4v) is 5.98. The molecule has 2 fully saturated rings. The number of sulfone groups is 1. The maximum absolute atomic E-state index is 14.2. The van der Waals surface area contributed by atoms with E-state index in [4.69, 9.17) is 4.74 Å². The third kappa shape index (κ3) is 6.91. The third-order valence-electron chi connectivity index (χ3n) is 6.46. The predicted molar refractivity (Wildman–Crippen MR) is 131 cm³/mol. The second kappa shape index (κ2) is 10.4. The molecule has 2 aromatic rings. The van der Waals surface area contributed by atoms with Crippen LogP contribution in [0, 0.1) is 17.2 Å². The molecule has 192 valence electrons. The van der Waals surface area contributed by atoms with Crippen molar-refractivity contribution in [1.29, 1.82) is 0 Å². The van der Waals surface area contributed by atoms with Crippen molar-refractivity contribution in [1.82, 2.24) is 14.5 Å². The molecule has 4 rings (SSSR count). The van der Waals surface area contributed by atoms with Crippen molar-refractivity contribution < 1.29 is 22.3 Å². The van der Waals surface area contributed by atoms with Gasteiger partial charge in [-0.15, -0.1) is 0 Å². The van der Waals surface area contributed by atoms with Crippen molar-refractivity contribution in [2.45, 2.75) is 83.0 Å². The Hall–Kier alpha value is -2.26. The molecule has 1 amide bonds. The number of amides is 1. The van der Waals surface area contributed by atoms with Crippen molar-refractivity contribution in [2.75, 3.05) is 13.2 Å². The zero-order valence-electron chi connectivity index (χ0n) is 20.9. The summed E-state index contributed by atoms with van der Waals surface area (Å²) in [5.74, 6) is -0.476. The number of nitrogens with zero attached hydrogens (tertiary/aromatic N) is 3. The molecule has 0 bridgehead atoms. The second-order valence-corrected chi connectivity index (χ2v) is 13.0. The quantitative estimate of drug-likeness (QED) is 0.480. The summed E-state index contributed by atoms with van der Waals surface area (Å²) in [5.41, 5.74) is 0.623. The number of halogens is 1. The van der Waals surface area contributed by atoms with E-state index >= 15 is 0 Å². The second-order valence-electron chi connectivity index (χ2n) is 11.1. The summed E-state index contributed by atoms with van der Waals surface area (Å²) < 4.78 is 48.5. The largest absolute Gasteiger partial charge is 0.376 e. The van der Waals surface area contributed by atoms with Crippen LogP contribution in [-0.2, 0) is 38.2 Å². The van der Waals surface area contributed by atoms with Gasteiger partial charge in [0.1, 0.15) is 5.82 Å². The maximum Gasteiger partial charge on any atom is 0.228 e. The minimum absolute atomic E-state index is 0.0602. The van der Waals surface area contributed by atoms with Gasteiger partial charge in [0.25, 0.3) is 0 Å². The van der Waals surface area contributed by atoms with Crippen molar-refractivity contribution in [3.8, 4) is 0 Å². The average Bonchev–Trinajstić information content (AvgIpc) is 3.25. The first-order valence-electron chi connectivity index (χ1n) is 12.4. The van der Waals surface area contributed by atoms with Gasteiger partial charge in [-0.1, -0.05) is 39.0 Å². The van der Waals surface area contributed by atoms with E-state index in [1.165, 1.54) is 18.2 Å². The van der Waals surface area contributed by atoms with Crippen LogP contribution in [0.15, 0.2) is 35.6 Å². The number of hydrogen-bond acceptors (Lipinski definition) is 5. The molecule has 1 aromatic heterocycles. The number of hydrogen-bond donors (Lipinski definition) is 0. The van der Waals surface area contributed by atoms with E-state index in [0.29, 0.717) is 44.3 Å². The number of ether oxygens (including phenoxy) is 1. The van der Waals surface area contributed by atoms with Crippen LogP contribution in [0.25, 0.3) is 0 Å². The maximum atomic E-state index is 14.2. The van der Waals surface area contributed by atoms with Gasteiger partial charge in [0.2, 0.25) is 20.9 Å². The van der Waals surface area contributed by atoms with E-state index < -0.39 is 21.4 Å². The molecule has 1 aromatic carbocycles. The van der Waals surface area contributed by atoms with Gasteiger partial charge in [0, 0.05) is 25.1 Å². The molecule has 1 saturated carbocycles. The summed E-state index contributed by atoms with van der Waals surface area (Å²) in [5, 5.41) is -0.0964. The smallest absolute Gasteiger partial charge is 0.228 e. The highest BCUT2D eigenvalue weighted by Gasteiger charge is 2.32. The first-order chi connectivity index (χ1) is 16.5. The molecule has 0 N–H and O–H groups in total. The van der Waals surface area contributed by atoms with Crippen molar-refractivity contribution in [2.24, 2.45) is 11.3 Å². The summed E-state index contributed by atoms with van der Waals surface area (Å²) >= 11 is 0. The van der Waals surface area contributed by atoms with Crippen LogP contribution >= 0.6 is 0 Å². The lowest BCUT2D eigenvalue weighted by Gasteiger charge is -2.27. The number of carbonyl (C=O) groups is 1. The standard InChI is InChI=1S/C26H36FN3O4S/c1-26(2,3)13-24(31)29(15-19-10-11-19)16-21-14-28-25(30(21)17-22-8-6-12-34-22)35(32,33)18-20-7-4-5-9-23(20)27/h4-5,7,9,14,19,22H,6,8,10-13,15-18H2,1-3H3/t22-/m1/s1. The van der Waals surface area contributed by atoms with E-state index in [-0.39, 0.29) is 28.1 Å². The molecule has 2 aliphatic rings. The minimum Gasteiger partial charge on any atom is -0.376 e. The molecular weight excluding hydrogens is 469 g/mol. The lowest BCUT2D eigenvalue weighted by Crippen LogP contribution is -2.36. The van der Waals surface area contributed by atoms with Crippen LogP contribution in [0.4, 0.5) is 4.39 Å². The molecule has 1 aliphatic carbocycles. The molecule has 2 heterocycles. The van der Waals surface area contributed by atoms with Crippen LogP contribution < -0.4 is 0 Å². The zero-order valence-corrected chi connectivity index (χ0v) is 21.7. The average molecular weight is 506 g/mol. The molecule has 35 heavy (non-hydrogen) atoms. The Morgan fingerprint density at radius 3 is 2.60 bits per heavy atom. The molecular formula is C26H36FN3O4S. The number of benzene rings is 1. The minimum atomic E-state index is -3.93. The lowest BCUT2D eigenvalue weighted by atomic mass is 9.91. The van der Waals surface area contributed by atoms with Gasteiger partial charge in [-0.2, -0.15) is 0 Å². The van der Waals surface area contributed by atoms with Gasteiger partial charge < -0.3 is 14.2 Å². The summed E-state index contributed by atoms with van der Waals surface area (Å²) in [6, 6.07) is 5.88. The van der Waals surface area contributed by atoms with E-state index in [1.54, 1.807) is 16.8 Å². The van der Waals surface area contributed by atoms with Gasteiger partial charge in [-0.05, 0) is 43.1 Å². The summed E-state index contributed by atoms with van der Waals surface area (Å²) in [6.07, 6.45) is 5.81. The number of imidazole rings is 1. The van der Waals surface area contributed by atoms with Crippen molar-refractivity contribution >= 4 is 15.7 Å². The van der Waals surface area contributed by atoms with Crippen molar-refractivity contribution in [3.63, 3.8) is 0 Å². The molecule has 7 nitrogen and oxygen atoms in total. The Bertz CT molecular complexity index is 1150. The highest BCUT2D eigenvalue weighted by molar-refractivity contribution is 7.90. The zero-order chi connectivity index (χ0) is 25.2. The molecule has 0 radical (unpaired) electrons. The van der Waals surface area contributed by atoms with Gasteiger partial charge in [-0.25, -0.2) is 17.8 Å². The predicted octanol–water partition coefficient (Wildman–Crippen LogP) is 4.35. The van der Waals surface area contributed by atoms with E-state index in [1.807, 2.05) is 25.7 Å². The molecule has 0 unspecified atom stereocenters. The Balaban J connectivity index is 1.64. The first-order valence-corrected chi connectivity index (χ1v) is 14.1. The van der Waals surface area contributed by atoms with E-state index in [0.717, 1.165) is 25.7 Å².